The van der Waals surface area contributed by atoms with Gasteiger partial charge in [0.25, 0.3) is 0 Å². The number of hydrogen-bond acceptors (Lipinski definition) is 1. The summed E-state index contributed by atoms with van der Waals surface area (Å²) in [6.07, 6.45) is 4.45. The maximum absolute atomic E-state index is 5.66. The van der Waals surface area contributed by atoms with Crippen LogP contribution in [0.3, 0.4) is 0 Å². The highest BCUT2D eigenvalue weighted by atomic mass is 16.5. The summed E-state index contributed by atoms with van der Waals surface area (Å²) in [5.74, 6) is 0.902. The van der Waals surface area contributed by atoms with E-state index < -0.39 is 0 Å². The van der Waals surface area contributed by atoms with Crippen LogP contribution < -0.4 is 4.74 Å². The van der Waals surface area contributed by atoms with Crippen molar-refractivity contribution in [1.29, 1.82) is 0 Å². The van der Waals surface area contributed by atoms with Gasteiger partial charge in [-0.05, 0) is 35.2 Å². The number of allylic oxidation sites excluding steroid dienone is 1. The van der Waals surface area contributed by atoms with Crippen molar-refractivity contribution in [3.63, 3.8) is 0 Å². The van der Waals surface area contributed by atoms with Crippen LogP contribution in [0.4, 0.5) is 0 Å². The summed E-state index contributed by atoms with van der Waals surface area (Å²) in [4.78, 5) is 0. The zero-order valence-electron chi connectivity index (χ0n) is 11.0. The van der Waals surface area contributed by atoms with Crippen LogP contribution in [0.15, 0.2) is 73.8 Å². The molecule has 0 unspecified atom stereocenters. The van der Waals surface area contributed by atoms with Crippen LogP contribution >= 0.6 is 0 Å². The van der Waals surface area contributed by atoms with Crippen molar-refractivity contribution in [3.8, 4) is 16.9 Å². The van der Waals surface area contributed by atoms with Crippen molar-refractivity contribution in [2.45, 2.75) is 6.42 Å². The standard InChI is InChI=1S/C18H18O/c1-3-8-17-14-16(15-9-6-5-7-10-15)11-12-18(17)19-13-4-2/h3-7,9-12,14H,1-2,8,13H2. The maximum atomic E-state index is 5.66. The molecule has 0 saturated carbocycles. The first-order valence-corrected chi connectivity index (χ1v) is 6.38. The minimum atomic E-state index is 0.523. The Balaban J connectivity index is 2.35. The van der Waals surface area contributed by atoms with Crippen molar-refractivity contribution in [3.05, 3.63) is 79.4 Å². The molecule has 0 N–H and O–H groups in total. The van der Waals surface area contributed by atoms with E-state index in [0.717, 1.165) is 17.7 Å². The first kappa shape index (κ1) is 13.2. The Hall–Kier alpha value is -2.28. The third-order valence-corrected chi connectivity index (χ3v) is 2.89. The first-order chi connectivity index (χ1) is 9.35. The average molecular weight is 250 g/mol. The largest absolute Gasteiger partial charge is 0.489 e. The first-order valence-electron chi connectivity index (χ1n) is 6.38. The van der Waals surface area contributed by atoms with Crippen LogP contribution in [0, 0.1) is 0 Å². The van der Waals surface area contributed by atoms with Crippen LogP contribution in [0.5, 0.6) is 5.75 Å². The molecule has 2 rings (SSSR count). The molecule has 19 heavy (non-hydrogen) atoms. The third-order valence-electron chi connectivity index (χ3n) is 2.89. The summed E-state index contributed by atoms with van der Waals surface area (Å²) in [7, 11) is 0. The van der Waals surface area contributed by atoms with Crippen LogP contribution in [-0.2, 0) is 6.42 Å². The van der Waals surface area contributed by atoms with E-state index in [4.69, 9.17) is 4.74 Å². The van der Waals surface area contributed by atoms with E-state index in [0.29, 0.717) is 6.61 Å². The minimum absolute atomic E-state index is 0.523. The molecule has 0 aliphatic rings. The molecule has 2 aromatic rings. The van der Waals surface area contributed by atoms with Gasteiger partial charge in [0.05, 0.1) is 0 Å². The predicted molar refractivity (Wildman–Crippen MR) is 81.5 cm³/mol. The molecule has 0 atom stereocenters. The smallest absolute Gasteiger partial charge is 0.123 e. The maximum Gasteiger partial charge on any atom is 0.123 e. The summed E-state index contributed by atoms with van der Waals surface area (Å²) in [6, 6.07) is 16.6. The molecule has 0 heterocycles. The molecular weight excluding hydrogens is 232 g/mol. The van der Waals surface area contributed by atoms with E-state index in [-0.39, 0.29) is 0 Å². The monoisotopic (exact) mass is 250 g/mol. The Labute approximate surface area is 114 Å². The fourth-order valence-electron chi connectivity index (χ4n) is 1.99. The lowest BCUT2D eigenvalue weighted by molar-refractivity contribution is 0.360. The molecule has 0 aliphatic heterocycles. The molecule has 1 heteroatoms. The summed E-state index contributed by atoms with van der Waals surface area (Å²) in [5, 5.41) is 0. The van der Waals surface area contributed by atoms with E-state index in [1.165, 1.54) is 11.1 Å². The van der Waals surface area contributed by atoms with Gasteiger partial charge in [-0.1, -0.05) is 55.1 Å². The quantitative estimate of drug-likeness (QED) is 0.678. The number of ether oxygens (including phenoxy) is 1. The van der Waals surface area contributed by atoms with Crippen molar-refractivity contribution in [2.24, 2.45) is 0 Å². The van der Waals surface area contributed by atoms with Gasteiger partial charge in [-0.3, -0.25) is 0 Å². The third kappa shape index (κ3) is 3.35. The average Bonchev–Trinajstić information content (AvgIpc) is 2.47. The van der Waals surface area contributed by atoms with Gasteiger partial charge < -0.3 is 4.74 Å². The second kappa shape index (κ2) is 6.60. The summed E-state index contributed by atoms with van der Waals surface area (Å²) in [6.45, 7) is 8.00. The molecular formula is C18H18O. The highest BCUT2D eigenvalue weighted by molar-refractivity contribution is 5.65. The zero-order chi connectivity index (χ0) is 13.5. The summed E-state index contributed by atoms with van der Waals surface area (Å²) >= 11 is 0. The predicted octanol–water partition coefficient (Wildman–Crippen LogP) is 4.65. The lowest BCUT2D eigenvalue weighted by atomic mass is 10.0. The minimum Gasteiger partial charge on any atom is -0.489 e. The number of benzene rings is 2. The summed E-state index contributed by atoms with van der Waals surface area (Å²) < 4.78 is 5.66. The van der Waals surface area contributed by atoms with E-state index in [1.807, 2.05) is 30.3 Å². The number of hydrogen-bond donors (Lipinski definition) is 0. The molecule has 0 radical (unpaired) electrons. The van der Waals surface area contributed by atoms with Gasteiger partial charge in [0.2, 0.25) is 0 Å². The van der Waals surface area contributed by atoms with Gasteiger partial charge in [-0.15, -0.1) is 6.58 Å². The van der Waals surface area contributed by atoms with Crippen molar-refractivity contribution >= 4 is 0 Å². The van der Waals surface area contributed by atoms with E-state index in [1.54, 1.807) is 6.08 Å². The van der Waals surface area contributed by atoms with Crippen LogP contribution in [0.2, 0.25) is 0 Å². The molecule has 0 aliphatic carbocycles. The highest BCUT2D eigenvalue weighted by Gasteiger charge is 2.05. The molecule has 0 spiro atoms. The van der Waals surface area contributed by atoms with Crippen LogP contribution in [0.25, 0.3) is 11.1 Å². The van der Waals surface area contributed by atoms with Crippen LogP contribution in [-0.4, -0.2) is 6.61 Å². The molecule has 1 nitrogen and oxygen atoms in total. The normalized spacial score (nSPS) is 9.89. The van der Waals surface area contributed by atoms with E-state index >= 15 is 0 Å². The van der Waals surface area contributed by atoms with Crippen molar-refractivity contribution in [2.75, 3.05) is 6.61 Å². The Morgan fingerprint density at radius 2 is 1.68 bits per heavy atom. The SMILES string of the molecule is C=CCOc1ccc(-c2ccccc2)cc1CC=C. The summed E-state index contributed by atoms with van der Waals surface area (Å²) in [5.41, 5.74) is 3.56. The molecule has 0 amide bonds. The lowest BCUT2D eigenvalue weighted by Gasteiger charge is -2.11. The molecule has 2 aromatic carbocycles. The van der Waals surface area contributed by atoms with Gasteiger partial charge in [0.15, 0.2) is 0 Å². The Bertz CT molecular complexity index is 555. The van der Waals surface area contributed by atoms with Gasteiger partial charge in [-0.2, -0.15) is 0 Å². The van der Waals surface area contributed by atoms with Crippen molar-refractivity contribution < 1.29 is 4.74 Å². The van der Waals surface area contributed by atoms with Crippen molar-refractivity contribution in [1.82, 2.24) is 0 Å². The molecule has 0 aromatic heterocycles. The topological polar surface area (TPSA) is 9.23 Å². The van der Waals surface area contributed by atoms with E-state index in [9.17, 15) is 0 Å². The van der Waals surface area contributed by atoms with Gasteiger partial charge >= 0.3 is 0 Å². The van der Waals surface area contributed by atoms with Gasteiger partial charge in [-0.25, -0.2) is 0 Å². The molecule has 0 fully saturated rings. The second-order valence-electron chi connectivity index (χ2n) is 4.28. The Morgan fingerprint density at radius 3 is 2.37 bits per heavy atom. The van der Waals surface area contributed by atoms with Gasteiger partial charge in [0, 0.05) is 0 Å². The van der Waals surface area contributed by atoms with Gasteiger partial charge in [0.1, 0.15) is 12.4 Å². The molecule has 0 bridgehead atoms. The Kier molecular flexibility index (Phi) is 4.57. The van der Waals surface area contributed by atoms with Crippen LogP contribution in [0.1, 0.15) is 5.56 Å². The molecule has 0 saturated heterocycles. The lowest BCUT2D eigenvalue weighted by Crippen LogP contribution is -1.97. The molecule has 96 valence electrons. The second-order valence-corrected chi connectivity index (χ2v) is 4.28. The van der Waals surface area contributed by atoms with E-state index in [2.05, 4.69) is 37.4 Å². The Morgan fingerprint density at radius 1 is 0.895 bits per heavy atom. The fraction of sp³-hybridized carbons (Fsp3) is 0.111. The fourth-order valence-corrected chi connectivity index (χ4v) is 1.99. The zero-order valence-corrected chi connectivity index (χ0v) is 11.0. The highest BCUT2D eigenvalue weighted by Crippen LogP contribution is 2.27. The number of rotatable bonds is 6.